The number of nitro benzene ring substituents is 1. The molecule has 0 heterocycles. The minimum atomic E-state index is -0.549. The summed E-state index contributed by atoms with van der Waals surface area (Å²) in [7, 11) is 0. The highest BCUT2D eigenvalue weighted by atomic mass is 16.6. The first-order chi connectivity index (χ1) is 18.1. The van der Waals surface area contributed by atoms with E-state index in [0.29, 0.717) is 0 Å². The maximum atomic E-state index is 12.0. The maximum Gasteiger partial charge on any atom is 0.336 e. The summed E-state index contributed by atoms with van der Waals surface area (Å²) in [5, 5.41) is 10.7. The van der Waals surface area contributed by atoms with E-state index in [1.807, 2.05) is 24.3 Å². The molecule has 0 aliphatic carbocycles. The molecular formula is C31H43NO5. The molecule has 0 aromatic heterocycles. The molecule has 6 nitrogen and oxygen atoms in total. The lowest BCUT2D eigenvalue weighted by atomic mass is 10.0. The minimum absolute atomic E-state index is 0.0537. The fourth-order valence-electron chi connectivity index (χ4n) is 4.11. The first-order valence-corrected chi connectivity index (χ1v) is 14.0. The van der Waals surface area contributed by atoms with E-state index in [-0.39, 0.29) is 11.4 Å². The molecule has 37 heavy (non-hydrogen) atoms. The first kappa shape index (κ1) is 30.1. The Hall–Kier alpha value is -3.15. The zero-order valence-electron chi connectivity index (χ0n) is 22.4. The Morgan fingerprint density at radius 2 is 1.22 bits per heavy atom. The normalized spacial score (nSPS) is 11.1. The average molecular weight is 510 g/mol. The minimum Gasteiger partial charge on any atom is -0.494 e. The van der Waals surface area contributed by atoms with Gasteiger partial charge in [-0.3, -0.25) is 10.1 Å². The number of carbonyl (C=O) groups excluding carboxylic acids is 1. The van der Waals surface area contributed by atoms with Gasteiger partial charge in [-0.25, -0.2) is 4.79 Å². The van der Waals surface area contributed by atoms with Crippen LogP contribution in [0.3, 0.4) is 0 Å². The Morgan fingerprint density at radius 1 is 0.730 bits per heavy atom. The molecule has 0 aliphatic rings. The highest BCUT2D eigenvalue weighted by Gasteiger charge is 2.06. The summed E-state index contributed by atoms with van der Waals surface area (Å²) in [6.45, 7) is 2.99. The lowest BCUT2D eigenvalue weighted by Crippen LogP contribution is -2.03. The van der Waals surface area contributed by atoms with Crippen LogP contribution in [0, 0.1) is 10.1 Å². The monoisotopic (exact) mass is 509 g/mol. The second kappa shape index (κ2) is 19.0. The second-order valence-corrected chi connectivity index (χ2v) is 9.52. The molecule has 2 aromatic carbocycles. The molecule has 0 atom stereocenters. The lowest BCUT2D eigenvalue weighted by molar-refractivity contribution is -0.384. The summed E-state index contributed by atoms with van der Waals surface area (Å²) in [5.41, 5.74) is 0.798. The van der Waals surface area contributed by atoms with Crippen molar-refractivity contribution in [2.24, 2.45) is 0 Å². The van der Waals surface area contributed by atoms with Crippen molar-refractivity contribution in [3.05, 3.63) is 70.3 Å². The fourth-order valence-corrected chi connectivity index (χ4v) is 4.11. The van der Waals surface area contributed by atoms with Crippen LogP contribution in [0.5, 0.6) is 11.5 Å². The molecule has 0 N–H and O–H groups in total. The number of nitrogens with zero attached hydrogens (tertiary/aromatic N) is 1. The van der Waals surface area contributed by atoms with Crippen LogP contribution in [-0.4, -0.2) is 17.5 Å². The molecule has 2 aromatic rings. The first-order valence-electron chi connectivity index (χ1n) is 14.0. The molecule has 0 amide bonds. The Labute approximate surface area is 222 Å². The average Bonchev–Trinajstić information content (AvgIpc) is 2.90. The van der Waals surface area contributed by atoms with E-state index in [9.17, 15) is 14.9 Å². The summed E-state index contributed by atoms with van der Waals surface area (Å²) in [6, 6.07) is 12.9. The van der Waals surface area contributed by atoms with Gasteiger partial charge in [0, 0.05) is 18.2 Å². The van der Waals surface area contributed by atoms with E-state index < -0.39 is 10.9 Å². The van der Waals surface area contributed by atoms with E-state index in [0.717, 1.165) is 24.3 Å². The summed E-state index contributed by atoms with van der Waals surface area (Å²) in [4.78, 5) is 22.1. The van der Waals surface area contributed by atoms with Crippen molar-refractivity contribution in [2.45, 2.75) is 96.8 Å². The van der Waals surface area contributed by atoms with Crippen LogP contribution in [0.15, 0.2) is 54.6 Å². The van der Waals surface area contributed by atoms with Crippen molar-refractivity contribution in [1.29, 1.82) is 0 Å². The predicted octanol–water partition coefficient (Wildman–Crippen LogP) is 9.07. The number of hydrogen-bond donors (Lipinski definition) is 0. The van der Waals surface area contributed by atoms with Crippen LogP contribution >= 0.6 is 0 Å². The molecule has 0 unspecified atom stereocenters. The van der Waals surface area contributed by atoms with Crippen LogP contribution in [0.1, 0.15) is 102 Å². The van der Waals surface area contributed by atoms with Gasteiger partial charge in [-0.05, 0) is 42.3 Å². The van der Waals surface area contributed by atoms with Crippen LogP contribution < -0.4 is 9.47 Å². The molecule has 2 rings (SSSR count). The Kier molecular flexibility index (Phi) is 15.5. The van der Waals surface area contributed by atoms with Crippen molar-refractivity contribution in [1.82, 2.24) is 0 Å². The molecule has 0 bridgehead atoms. The lowest BCUT2D eigenvalue weighted by Gasteiger charge is -2.07. The topological polar surface area (TPSA) is 78.7 Å². The third kappa shape index (κ3) is 14.2. The summed E-state index contributed by atoms with van der Waals surface area (Å²) < 4.78 is 11.0. The van der Waals surface area contributed by atoms with Crippen LogP contribution in [0.2, 0.25) is 0 Å². The summed E-state index contributed by atoms with van der Waals surface area (Å²) >= 11 is 0. The highest BCUT2D eigenvalue weighted by molar-refractivity contribution is 5.88. The summed E-state index contributed by atoms with van der Waals surface area (Å²) in [5.74, 6) is 0.528. The number of benzene rings is 2. The number of carbonyl (C=O) groups is 1. The number of hydrogen-bond acceptors (Lipinski definition) is 5. The highest BCUT2D eigenvalue weighted by Crippen LogP contribution is 2.18. The van der Waals surface area contributed by atoms with E-state index in [1.165, 1.54) is 114 Å². The Balaban J connectivity index is 1.49. The molecule has 0 aliphatic heterocycles. The van der Waals surface area contributed by atoms with Crippen LogP contribution in [0.4, 0.5) is 5.69 Å². The van der Waals surface area contributed by atoms with E-state index in [1.54, 1.807) is 6.08 Å². The SMILES string of the molecule is CCCCCCCCCCCCCCCCOc1ccc(C=CC(=O)Oc2ccc([N+](=O)[O-])cc2)cc1. The Bertz CT molecular complexity index is 922. The zero-order valence-corrected chi connectivity index (χ0v) is 22.4. The van der Waals surface area contributed by atoms with Crippen molar-refractivity contribution in [3.63, 3.8) is 0 Å². The van der Waals surface area contributed by atoms with E-state index in [4.69, 9.17) is 9.47 Å². The maximum absolute atomic E-state index is 12.0. The molecule has 202 valence electrons. The van der Waals surface area contributed by atoms with Gasteiger partial charge in [-0.1, -0.05) is 103 Å². The molecule has 0 radical (unpaired) electrons. The molecule has 6 heteroatoms. The van der Waals surface area contributed by atoms with Gasteiger partial charge in [-0.15, -0.1) is 0 Å². The van der Waals surface area contributed by atoms with Crippen molar-refractivity contribution < 1.29 is 19.2 Å². The standard InChI is InChI=1S/C31H43NO5/c1-2-3-4-5-6-7-8-9-10-11-12-13-14-15-26-36-29-21-16-27(17-22-29)18-25-31(33)37-30-23-19-28(20-24-30)32(34)35/h16-25H,2-15,26H2,1H3. The third-order valence-electron chi connectivity index (χ3n) is 6.32. The zero-order chi connectivity index (χ0) is 26.6. The quantitative estimate of drug-likeness (QED) is 0.0444. The number of rotatable bonds is 20. The molecule has 0 fully saturated rings. The van der Waals surface area contributed by atoms with Gasteiger partial charge in [0.25, 0.3) is 5.69 Å². The van der Waals surface area contributed by atoms with Gasteiger partial charge in [0.15, 0.2) is 0 Å². The number of esters is 1. The van der Waals surface area contributed by atoms with Crippen molar-refractivity contribution in [3.8, 4) is 11.5 Å². The van der Waals surface area contributed by atoms with Gasteiger partial charge >= 0.3 is 5.97 Å². The molecule has 0 spiro atoms. The van der Waals surface area contributed by atoms with Crippen molar-refractivity contribution >= 4 is 17.7 Å². The second-order valence-electron chi connectivity index (χ2n) is 9.52. The number of nitro groups is 1. The molecule has 0 saturated carbocycles. The van der Waals surface area contributed by atoms with Gasteiger partial charge in [0.05, 0.1) is 11.5 Å². The Morgan fingerprint density at radius 3 is 1.73 bits per heavy atom. The van der Waals surface area contributed by atoms with Gasteiger partial charge in [0.2, 0.25) is 0 Å². The largest absolute Gasteiger partial charge is 0.494 e. The molecule has 0 saturated heterocycles. The van der Waals surface area contributed by atoms with Crippen LogP contribution in [-0.2, 0) is 4.79 Å². The number of ether oxygens (including phenoxy) is 2. The smallest absolute Gasteiger partial charge is 0.336 e. The third-order valence-corrected chi connectivity index (χ3v) is 6.32. The molecular weight excluding hydrogens is 466 g/mol. The fraction of sp³-hybridized carbons (Fsp3) is 0.516. The van der Waals surface area contributed by atoms with E-state index in [2.05, 4.69) is 6.92 Å². The number of unbranched alkanes of at least 4 members (excludes halogenated alkanes) is 13. The van der Waals surface area contributed by atoms with E-state index >= 15 is 0 Å². The van der Waals surface area contributed by atoms with Crippen molar-refractivity contribution in [2.75, 3.05) is 6.61 Å². The van der Waals surface area contributed by atoms with Gasteiger partial charge < -0.3 is 9.47 Å². The van der Waals surface area contributed by atoms with Crippen LogP contribution in [0.25, 0.3) is 6.08 Å². The predicted molar refractivity (Wildman–Crippen MR) is 150 cm³/mol. The van der Waals surface area contributed by atoms with Gasteiger partial charge in [-0.2, -0.15) is 0 Å². The number of non-ortho nitro benzene ring substituents is 1. The summed E-state index contributed by atoms with van der Waals surface area (Å²) in [6.07, 6.45) is 21.8. The van der Waals surface area contributed by atoms with Gasteiger partial charge in [0.1, 0.15) is 11.5 Å².